The van der Waals surface area contributed by atoms with Crippen LogP contribution in [0, 0.1) is 33.6 Å². The van der Waals surface area contributed by atoms with Gasteiger partial charge in [0.1, 0.15) is 12.6 Å². The minimum Gasteiger partial charge on any atom is -0.354 e. The zero-order valence-corrected chi connectivity index (χ0v) is 26.1. The zero-order valence-electron chi connectivity index (χ0n) is 25.3. The highest BCUT2D eigenvalue weighted by Gasteiger charge is 2.34. The molecule has 3 rings (SSSR count). The Bertz CT molecular complexity index is 1470. The quantitative estimate of drug-likeness (QED) is 0.299. The number of aryl methyl sites for hydroxylation is 4. The maximum Gasteiger partial charge on any atom is 0.264 e. The lowest BCUT2D eigenvalue weighted by atomic mass is 10.1. The minimum atomic E-state index is -4.11. The second kappa shape index (κ2) is 13.8. The van der Waals surface area contributed by atoms with Gasteiger partial charge in [-0.25, -0.2) is 8.42 Å². The molecule has 0 aliphatic heterocycles. The summed E-state index contributed by atoms with van der Waals surface area (Å²) in [5.74, 6) is -0.449. The van der Waals surface area contributed by atoms with Gasteiger partial charge in [-0.3, -0.25) is 13.9 Å². The average Bonchev–Trinajstić information content (AvgIpc) is 2.93. The monoisotopic (exact) mass is 577 g/mol. The number of hydrogen-bond acceptors (Lipinski definition) is 4. The van der Waals surface area contributed by atoms with Crippen molar-refractivity contribution in [1.82, 2.24) is 10.2 Å². The second-order valence-electron chi connectivity index (χ2n) is 11.1. The molecule has 220 valence electrons. The Kier molecular flexibility index (Phi) is 10.7. The number of benzene rings is 3. The predicted molar refractivity (Wildman–Crippen MR) is 165 cm³/mol. The van der Waals surface area contributed by atoms with Crippen LogP contribution >= 0.6 is 0 Å². The van der Waals surface area contributed by atoms with Crippen LogP contribution in [-0.4, -0.2) is 44.3 Å². The molecule has 41 heavy (non-hydrogen) atoms. The van der Waals surface area contributed by atoms with E-state index in [4.69, 9.17) is 0 Å². The number of nitrogens with zero attached hydrogens (tertiary/aromatic N) is 2. The average molecular weight is 578 g/mol. The van der Waals surface area contributed by atoms with E-state index in [-0.39, 0.29) is 23.3 Å². The van der Waals surface area contributed by atoms with Crippen molar-refractivity contribution in [3.05, 3.63) is 94.5 Å². The Balaban J connectivity index is 2.10. The Morgan fingerprint density at radius 1 is 0.854 bits per heavy atom. The van der Waals surface area contributed by atoms with Crippen molar-refractivity contribution in [2.24, 2.45) is 5.92 Å². The molecule has 0 bridgehead atoms. The molecule has 1 N–H and O–H groups in total. The molecule has 3 aromatic rings. The van der Waals surface area contributed by atoms with Gasteiger partial charge >= 0.3 is 0 Å². The summed E-state index contributed by atoms with van der Waals surface area (Å²) in [4.78, 5) is 29.3. The second-order valence-corrected chi connectivity index (χ2v) is 13.0. The van der Waals surface area contributed by atoms with Crippen molar-refractivity contribution in [3.8, 4) is 0 Å². The van der Waals surface area contributed by atoms with Gasteiger partial charge < -0.3 is 10.2 Å². The van der Waals surface area contributed by atoms with Crippen LogP contribution in [0.15, 0.2) is 71.6 Å². The smallest absolute Gasteiger partial charge is 0.264 e. The lowest BCUT2D eigenvalue weighted by Gasteiger charge is -2.34. The SMILES string of the molecule is CC[C@@H](C(=O)NCC(C)C)N(Cc1ccccc1C)C(=O)CN(c1cc(C)ccc1C)S(=O)(=O)c1ccc(C)cc1. The van der Waals surface area contributed by atoms with E-state index in [0.717, 1.165) is 27.8 Å². The van der Waals surface area contributed by atoms with E-state index in [9.17, 15) is 18.0 Å². The Morgan fingerprint density at radius 3 is 2.10 bits per heavy atom. The molecule has 0 fully saturated rings. The van der Waals surface area contributed by atoms with Crippen LogP contribution in [0.5, 0.6) is 0 Å². The van der Waals surface area contributed by atoms with Crippen molar-refractivity contribution < 1.29 is 18.0 Å². The molecule has 0 aromatic heterocycles. The van der Waals surface area contributed by atoms with Crippen LogP contribution in [0.4, 0.5) is 5.69 Å². The summed E-state index contributed by atoms with van der Waals surface area (Å²) < 4.78 is 29.4. The molecular formula is C33H43N3O4S. The van der Waals surface area contributed by atoms with Gasteiger partial charge in [0.2, 0.25) is 11.8 Å². The highest BCUT2D eigenvalue weighted by Crippen LogP contribution is 2.29. The Morgan fingerprint density at radius 2 is 1.49 bits per heavy atom. The van der Waals surface area contributed by atoms with Gasteiger partial charge in [0.15, 0.2) is 0 Å². The van der Waals surface area contributed by atoms with Crippen molar-refractivity contribution in [2.75, 3.05) is 17.4 Å². The predicted octanol–water partition coefficient (Wildman–Crippen LogP) is 5.70. The third-order valence-corrected chi connectivity index (χ3v) is 8.97. The molecule has 0 aliphatic rings. The molecule has 0 saturated heterocycles. The Hall–Kier alpha value is -3.65. The van der Waals surface area contributed by atoms with Crippen molar-refractivity contribution in [1.29, 1.82) is 0 Å². The van der Waals surface area contributed by atoms with E-state index in [2.05, 4.69) is 5.32 Å². The first-order valence-electron chi connectivity index (χ1n) is 14.1. The normalized spacial score (nSPS) is 12.2. The number of rotatable bonds is 12. The number of sulfonamides is 1. The first-order valence-corrected chi connectivity index (χ1v) is 15.6. The molecule has 0 radical (unpaired) electrons. The van der Waals surface area contributed by atoms with Gasteiger partial charge in [0.25, 0.3) is 10.0 Å². The van der Waals surface area contributed by atoms with Crippen molar-refractivity contribution >= 4 is 27.5 Å². The van der Waals surface area contributed by atoms with E-state index >= 15 is 0 Å². The summed E-state index contributed by atoms with van der Waals surface area (Å²) >= 11 is 0. The molecule has 0 heterocycles. The van der Waals surface area contributed by atoms with Gasteiger partial charge in [0.05, 0.1) is 10.6 Å². The molecule has 1 atom stereocenters. The maximum atomic E-state index is 14.3. The van der Waals surface area contributed by atoms with E-state index in [1.54, 1.807) is 30.3 Å². The largest absolute Gasteiger partial charge is 0.354 e. The molecule has 7 nitrogen and oxygen atoms in total. The number of nitrogens with one attached hydrogen (secondary N) is 1. The van der Waals surface area contributed by atoms with Crippen LogP contribution in [0.3, 0.4) is 0 Å². The molecule has 8 heteroatoms. The molecule has 0 aliphatic carbocycles. The summed E-state index contributed by atoms with van der Waals surface area (Å²) in [6, 6.07) is 19.1. The first-order chi connectivity index (χ1) is 19.3. The third kappa shape index (κ3) is 7.97. The zero-order chi connectivity index (χ0) is 30.3. The van der Waals surface area contributed by atoms with Crippen LogP contribution in [0.25, 0.3) is 0 Å². The standard InChI is InChI=1S/C33H43N3O4S/c1-8-30(33(38)34-20-23(2)3)35(21-28-12-10-9-11-26(28)6)32(37)22-36(31-19-25(5)13-16-27(31)7)41(39,40)29-17-14-24(4)15-18-29/h9-19,23,30H,8,20-22H2,1-7H3,(H,34,38)/t30-/m0/s1. The number of amides is 2. The molecule has 3 aromatic carbocycles. The number of carbonyl (C=O) groups excluding carboxylic acids is 2. The van der Waals surface area contributed by atoms with E-state index < -0.39 is 28.5 Å². The highest BCUT2D eigenvalue weighted by atomic mass is 32.2. The molecule has 0 unspecified atom stereocenters. The van der Waals surface area contributed by atoms with Crippen molar-refractivity contribution in [3.63, 3.8) is 0 Å². The van der Waals surface area contributed by atoms with Gasteiger partial charge in [0, 0.05) is 13.1 Å². The molecular weight excluding hydrogens is 534 g/mol. The summed E-state index contributed by atoms with van der Waals surface area (Å²) in [7, 11) is -4.11. The lowest BCUT2D eigenvalue weighted by Crippen LogP contribution is -2.52. The van der Waals surface area contributed by atoms with Crippen LogP contribution in [0.1, 0.15) is 55.0 Å². The topological polar surface area (TPSA) is 86.8 Å². The summed E-state index contributed by atoms with van der Waals surface area (Å²) in [6.07, 6.45) is 0.385. The minimum absolute atomic E-state index is 0.101. The van der Waals surface area contributed by atoms with Crippen molar-refractivity contribution in [2.45, 2.75) is 72.4 Å². The fourth-order valence-electron chi connectivity index (χ4n) is 4.65. The lowest BCUT2D eigenvalue weighted by molar-refractivity contribution is -0.140. The van der Waals surface area contributed by atoms with Gasteiger partial charge in [-0.05, 0) is 80.5 Å². The van der Waals surface area contributed by atoms with Gasteiger partial charge in [-0.2, -0.15) is 0 Å². The first kappa shape index (κ1) is 31.9. The maximum absolute atomic E-state index is 14.3. The fourth-order valence-corrected chi connectivity index (χ4v) is 6.12. The molecule has 0 spiro atoms. The molecule has 2 amide bonds. The number of hydrogen-bond donors (Lipinski definition) is 1. The fraction of sp³-hybridized carbons (Fsp3) is 0.394. The third-order valence-electron chi connectivity index (χ3n) is 7.19. The van der Waals surface area contributed by atoms with Gasteiger partial charge in [-0.15, -0.1) is 0 Å². The van der Waals surface area contributed by atoms with E-state index in [1.807, 2.05) is 84.9 Å². The van der Waals surface area contributed by atoms with Crippen LogP contribution in [0.2, 0.25) is 0 Å². The van der Waals surface area contributed by atoms with Crippen LogP contribution in [-0.2, 0) is 26.2 Å². The van der Waals surface area contributed by atoms with E-state index in [0.29, 0.717) is 18.7 Å². The highest BCUT2D eigenvalue weighted by molar-refractivity contribution is 7.92. The van der Waals surface area contributed by atoms with Gasteiger partial charge in [-0.1, -0.05) is 74.9 Å². The Labute approximate surface area is 245 Å². The summed E-state index contributed by atoms with van der Waals surface area (Å²) in [5, 5.41) is 2.97. The van der Waals surface area contributed by atoms with Crippen LogP contribution < -0.4 is 9.62 Å². The number of anilines is 1. The van der Waals surface area contributed by atoms with E-state index in [1.165, 1.54) is 9.21 Å². The summed E-state index contributed by atoms with van der Waals surface area (Å²) in [6.45, 7) is 13.7. The number of carbonyl (C=O) groups is 2. The summed E-state index contributed by atoms with van der Waals surface area (Å²) in [5.41, 5.74) is 4.86. The molecule has 0 saturated carbocycles.